The van der Waals surface area contributed by atoms with Crippen molar-refractivity contribution in [2.75, 3.05) is 0 Å². The Balaban J connectivity index is 2.64. The molecule has 2 rings (SSSR count). The van der Waals surface area contributed by atoms with Crippen molar-refractivity contribution in [3.63, 3.8) is 0 Å². The van der Waals surface area contributed by atoms with Crippen molar-refractivity contribution in [1.29, 1.82) is 0 Å². The molecule has 94 valence electrons. The van der Waals surface area contributed by atoms with E-state index in [9.17, 15) is 13.2 Å². The van der Waals surface area contributed by atoms with Crippen molar-refractivity contribution in [2.45, 2.75) is 6.18 Å². The van der Waals surface area contributed by atoms with Gasteiger partial charge in [0.05, 0.1) is 16.3 Å². The molecule has 18 heavy (non-hydrogen) atoms. The molecule has 0 atom stereocenters. The highest BCUT2D eigenvalue weighted by Gasteiger charge is 2.34. The van der Waals surface area contributed by atoms with E-state index in [2.05, 4.69) is 4.98 Å². The third-order valence-corrected chi connectivity index (χ3v) is 3.32. The smallest absolute Gasteiger partial charge is 0.254 e. The van der Waals surface area contributed by atoms with Crippen LogP contribution in [0.2, 0.25) is 5.02 Å². The van der Waals surface area contributed by atoms with Crippen molar-refractivity contribution in [3.05, 3.63) is 50.7 Å². The first-order valence-corrected chi connectivity index (χ1v) is 6.33. The van der Waals surface area contributed by atoms with Gasteiger partial charge in [0.15, 0.2) is 0 Å². The topological polar surface area (TPSA) is 12.9 Å². The summed E-state index contributed by atoms with van der Waals surface area (Å²) in [6, 6.07) is 6.94. The van der Waals surface area contributed by atoms with Gasteiger partial charge in [-0.1, -0.05) is 29.8 Å². The molecule has 0 bridgehead atoms. The van der Waals surface area contributed by atoms with Gasteiger partial charge in [-0.3, -0.25) is 4.98 Å². The maximum atomic E-state index is 12.9. The highest BCUT2D eigenvalue weighted by molar-refractivity contribution is 14.1. The third-order valence-electron chi connectivity index (χ3n) is 2.30. The van der Waals surface area contributed by atoms with Crippen molar-refractivity contribution in [2.24, 2.45) is 0 Å². The Labute approximate surface area is 120 Å². The molecular formula is C12H6ClF3IN. The summed E-state index contributed by atoms with van der Waals surface area (Å²) in [5, 5.41) is 0.396. The van der Waals surface area contributed by atoms with Crippen LogP contribution in [-0.2, 0) is 6.18 Å². The molecule has 0 N–H and O–H groups in total. The lowest BCUT2D eigenvalue weighted by molar-refractivity contribution is -0.137. The van der Waals surface area contributed by atoms with Gasteiger partial charge >= 0.3 is 6.18 Å². The lowest BCUT2D eigenvalue weighted by Gasteiger charge is -2.13. The highest BCUT2D eigenvalue weighted by Crippen LogP contribution is 2.37. The summed E-state index contributed by atoms with van der Waals surface area (Å²) in [6.45, 7) is 0. The quantitative estimate of drug-likeness (QED) is 0.630. The summed E-state index contributed by atoms with van der Waals surface area (Å²) in [7, 11) is 0. The van der Waals surface area contributed by atoms with Gasteiger partial charge in [0.2, 0.25) is 0 Å². The Bertz CT molecular complexity index is 584. The van der Waals surface area contributed by atoms with Gasteiger partial charge in [0, 0.05) is 15.3 Å². The van der Waals surface area contributed by atoms with Crippen LogP contribution in [0.15, 0.2) is 36.5 Å². The molecule has 0 aliphatic rings. The Morgan fingerprint density at radius 2 is 1.83 bits per heavy atom. The summed E-state index contributed by atoms with van der Waals surface area (Å²) in [4.78, 5) is 3.98. The minimum Gasteiger partial charge on any atom is -0.254 e. The zero-order valence-corrected chi connectivity index (χ0v) is 11.7. The summed E-state index contributed by atoms with van der Waals surface area (Å²) in [5.41, 5.74) is -0.350. The predicted molar refractivity (Wildman–Crippen MR) is 72.4 cm³/mol. The van der Waals surface area contributed by atoms with Crippen LogP contribution in [0.5, 0.6) is 0 Å². The average molecular weight is 384 g/mol. The van der Waals surface area contributed by atoms with Gasteiger partial charge < -0.3 is 0 Å². The Kier molecular flexibility index (Phi) is 3.82. The minimum absolute atomic E-state index is 0.0612. The predicted octanol–water partition coefficient (Wildman–Crippen LogP) is 5.03. The number of hydrogen-bond donors (Lipinski definition) is 0. The first-order chi connectivity index (χ1) is 8.39. The zero-order valence-electron chi connectivity index (χ0n) is 8.80. The maximum Gasteiger partial charge on any atom is 0.417 e. The van der Waals surface area contributed by atoms with Gasteiger partial charge in [-0.25, -0.2) is 0 Å². The fourth-order valence-electron chi connectivity index (χ4n) is 1.55. The van der Waals surface area contributed by atoms with Gasteiger partial charge in [-0.2, -0.15) is 13.2 Å². The molecule has 6 heteroatoms. The number of halogens is 5. The molecule has 0 unspecified atom stereocenters. The molecular weight excluding hydrogens is 377 g/mol. The van der Waals surface area contributed by atoms with Crippen LogP contribution in [0.1, 0.15) is 5.56 Å². The summed E-state index contributed by atoms with van der Waals surface area (Å²) < 4.78 is 39.2. The van der Waals surface area contributed by atoms with Crippen LogP contribution in [0.3, 0.4) is 0 Å². The molecule has 0 aliphatic carbocycles. The Morgan fingerprint density at radius 1 is 1.17 bits per heavy atom. The third kappa shape index (κ3) is 2.77. The maximum absolute atomic E-state index is 12.9. The molecule has 1 aromatic heterocycles. The molecule has 0 fully saturated rings. The fourth-order valence-corrected chi connectivity index (χ4v) is 2.66. The number of pyridine rings is 1. The van der Waals surface area contributed by atoms with Crippen LogP contribution in [-0.4, -0.2) is 4.98 Å². The lowest BCUT2D eigenvalue weighted by Crippen LogP contribution is -2.07. The molecule has 0 spiro atoms. The number of aromatic nitrogens is 1. The van der Waals surface area contributed by atoms with Gasteiger partial charge in [0.1, 0.15) is 0 Å². The number of alkyl halides is 3. The number of rotatable bonds is 1. The van der Waals surface area contributed by atoms with E-state index >= 15 is 0 Å². The standard InChI is InChI=1S/C12H6ClF3IN/c13-7-5-10(17)11(18-6-7)8-3-1-2-4-9(8)12(14,15)16/h1-6H. The molecule has 1 aromatic carbocycles. The summed E-state index contributed by atoms with van der Waals surface area (Å²) in [6.07, 6.45) is -3.06. The van der Waals surface area contributed by atoms with Crippen molar-refractivity contribution >= 4 is 34.2 Å². The molecule has 2 aromatic rings. The lowest BCUT2D eigenvalue weighted by atomic mass is 10.0. The molecule has 0 amide bonds. The van der Waals surface area contributed by atoms with Crippen LogP contribution in [0.4, 0.5) is 13.2 Å². The van der Waals surface area contributed by atoms with E-state index < -0.39 is 11.7 Å². The largest absolute Gasteiger partial charge is 0.417 e. The first kappa shape index (κ1) is 13.6. The highest BCUT2D eigenvalue weighted by atomic mass is 127. The molecule has 0 radical (unpaired) electrons. The SMILES string of the molecule is FC(F)(F)c1ccccc1-c1ncc(Cl)cc1I. The second-order valence-corrected chi connectivity index (χ2v) is 5.13. The van der Waals surface area contributed by atoms with Gasteiger partial charge in [0.25, 0.3) is 0 Å². The van der Waals surface area contributed by atoms with Crippen molar-refractivity contribution in [3.8, 4) is 11.3 Å². The van der Waals surface area contributed by atoms with Crippen LogP contribution in [0.25, 0.3) is 11.3 Å². The van der Waals surface area contributed by atoms with Gasteiger partial charge in [-0.05, 0) is 34.7 Å². The van der Waals surface area contributed by atoms with Gasteiger partial charge in [-0.15, -0.1) is 0 Å². The van der Waals surface area contributed by atoms with Crippen LogP contribution < -0.4 is 0 Å². The fraction of sp³-hybridized carbons (Fsp3) is 0.0833. The van der Waals surface area contributed by atoms with Crippen LogP contribution in [0, 0.1) is 3.57 Å². The first-order valence-electron chi connectivity index (χ1n) is 4.87. The van der Waals surface area contributed by atoms with Crippen molar-refractivity contribution < 1.29 is 13.2 Å². The van der Waals surface area contributed by atoms with E-state index in [-0.39, 0.29) is 11.3 Å². The van der Waals surface area contributed by atoms with Crippen molar-refractivity contribution in [1.82, 2.24) is 4.98 Å². The van der Waals surface area contributed by atoms with Crippen LogP contribution >= 0.6 is 34.2 Å². The number of benzene rings is 1. The monoisotopic (exact) mass is 383 g/mol. The van der Waals surface area contributed by atoms with E-state index in [1.54, 1.807) is 12.1 Å². The second kappa shape index (κ2) is 5.05. The van der Waals surface area contributed by atoms with E-state index in [1.165, 1.54) is 18.3 Å². The van der Waals surface area contributed by atoms with E-state index in [0.717, 1.165) is 6.07 Å². The molecule has 0 aliphatic heterocycles. The molecule has 0 saturated heterocycles. The Morgan fingerprint density at radius 3 is 2.44 bits per heavy atom. The molecule has 1 heterocycles. The second-order valence-electron chi connectivity index (χ2n) is 3.53. The normalized spacial score (nSPS) is 11.6. The number of hydrogen-bond acceptors (Lipinski definition) is 1. The average Bonchev–Trinajstić information content (AvgIpc) is 2.28. The van der Waals surface area contributed by atoms with E-state index in [1.807, 2.05) is 22.6 Å². The molecule has 1 nitrogen and oxygen atoms in total. The Hall–Kier alpha value is -0.820. The number of nitrogens with zero attached hydrogens (tertiary/aromatic N) is 1. The van der Waals surface area contributed by atoms with E-state index in [0.29, 0.717) is 8.59 Å². The summed E-state index contributed by atoms with van der Waals surface area (Å²) in [5.74, 6) is 0. The van der Waals surface area contributed by atoms with E-state index in [4.69, 9.17) is 11.6 Å². The zero-order chi connectivity index (χ0) is 13.3. The molecule has 0 saturated carbocycles. The summed E-state index contributed by atoms with van der Waals surface area (Å²) >= 11 is 7.66. The minimum atomic E-state index is -4.40.